The summed E-state index contributed by atoms with van der Waals surface area (Å²) in [4.78, 5) is 2.50. The molecule has 1 nitrogen and oxygen atoms in total. The summed E-state index contributed by atoms with van der Waals surface area (Å²) in [6.07, 6.45) is 0. The standard InChI is InChI=1S/C59H49N/c1-58(2,3)53-25-15-14-23-50(53)52-37-45-21-12-13-22-46(45)38-56(52)60(47-33-31-43(32-34-47)42-29-27-41(28-30-42)40-17-8-6-9-18-40)48-35-36-51-55(39-48)59(4,5)54-26-16-24-49(57(51)54)44-19-10-7-11-20-44/h6-39H,1-5H3. The molecule has 0 aromatic heterocycles. The zero-order chi connectivity index (χ0) is 41.0. The van der Waals surface area contributed by atoms with Crippen molar-refractivity contribution in [2.45, 2.75) is 45.4 Å². The van der Waals surface area contributed by atoms with Gasteiger partial charge in [0.15, 0.2) is 0 Å². The molecular formula is C59H49N. The zero-order valence-corrected chi connectivity index (χ0v) is 35.1. The van der Waals surface area contributed by atoms with Crippen molar-refractivity contribution in [3.8, 4) is 55.6 Å². The van der Waals surface area contributed by atoms with Gasteiger partial charge in [-0.15, -0.1) is 0 Å². The topological polar surface area (TPSA) is 3.24 Å². The Morgan fingerprint density at radius 3 is 1.53 bits per heavy atom. The number of hydrogen-bond donors (Lipinski definition) is 0. The van der Waals surface area contributed by atoms with Gasteiger partial charge in [-0.3, -0.25) is 0 Å². The molecule has 0 saturated carbocycles. The molecule has 290 valence electrons. The lowest BCUT2D eigenvalue weighted by atomic mass is 9.81. The number of fused-ring (bicyclic) bond motifs is 4. The minimum Gasteiger partial charge on any atom is -0.310 e. The fraction of sp³-hybridized carbons (Fsp3) is 0.119. The van der Waals surface area contributed by atoms with E-state index in [4.69, 9.17) is 0 Å². The molecule has 0 bridgehead atoms. The normalized spacial score (nSPS) is 12.9. The first kappa shape index (κ1) is 37.3. The Labute approximate surface area is 355 Å². The summed E-state index contributed by atoms with van der Waals surface area (Å²) in [6.45, 7) is 11.7. The van der Waals surface area contributed by atoms with Crippen molar-refractivity contribution < 1.29 is 0 Å². The Balaban J connectivity index is 1.17. The average molecular weight is 772 g/mol. The molecule has 10 rings (SSSR count). The van der Waals surface area contributed by atoms with E-state index in [0.29, 0.717) is 0 Å². The van der Waals surface area contributed by atoms with Gasteiger partial charge < -0.3 is 4.90 Å². The van der Waals surface area contributed by atoms with Crippen molar-refractivity contribution in [2.24, 2.45) is 0 Å². The van der Waals surface area contributed by atoms with Crippen LogP contribution >= 0.6 is 0 Å². The van der Waals surface area contributed by atoms with Crippen LogP contribution in [-0.4, -0.2) is 0 Å². The predicted octanol–water partition coefficient (Wildman–Crippen LogP) is 16.6. The van der Waals surface area contributed by atoms with Crippen molar-refractivity contribution in [1.29, 1.82) is 0 Å². The molecule has 0 amide bonds. The Kier molecular flexibility index (Phi) is 9.14. The summed E-state index contributed by atoms with van der Waals surface area (Å²) in [5, 5.41) is 2.44. The molecule has 1 aliphatic carbocycles. The van der Waals surface area contributed by atoms with Crippen LogP contribution in [0.2, 0.25) is 0 Å². The fourth-order valence-electron chi connectivity index (χ4n) is 9.49. The smallest absolute Gasteiger partial charge is 0.0546 e. The minimum absolute atomic E-state index is 0.0537. The number of benzene rings is 9. The monoisotopic (exact) mass is 771 g/mol. The van der Waals surface area contributed by atoms with Crippen molar-refractivity contribution >= 4 is 27.8 Å². The van der Waals surface area contributed by atoms with Crippen molar-refractivity contribution in [3.63, 3.8) is 0 Å². The zero-order valence-electron chi connectivity index (χ0n) is 35.1. The molecule has 0 aliphatic heterocycles. The molecular weight excluding hydrogens is 723 g/mol. The predicted molar refractivity (Wildman–Crippen MR) is 257 cm³/mol. The molecule has 0 atom stereocenters. The van der Waals surface area contributed by atoms with Crippen LogP contribution in [0.3, 0.4) is 0 Å². The van der Waals surface area contributed by atoms with Gasteiger partial charge in [-0.1, -0.05) is 204 Å². The van der Waals surface area contributed by atoms with E-state index in [1.54, 1.807) is 0 Å². The van der Waals surface area contributed by atoms with E-state index in [0.717, 1.165) is 17.1 Å². The molecule has 1 heteroatoms. The summed E-state index contributed by atoms with van der Waals surface area (Å²) in [5.74, 6) is 0. The second-order valence-corrected chi connectivity index (χ2v) is 17.8. The molecule has 0 saturated heterocycles. The van der Waals surface area contributed by atoms with Crippen molar-refractivity contribution in [2.75, 3.05) is 4.90 Å². The van der Waals surface area contributed by atoms with Gasteiger partial charge in [-0.05, 0) is 119 Å². The van der Waals surface area contributed by atoms with Crippen LogP contribution in [0.25, 0.3) is 66.4 Å². The fourth-order valence-corrected chi connectivity index (χ4v) is 9.49. The Morgan fingerprint density at radius 1 is 0.367 bits per heavy atom. The van der Waals surface area contributed by atoms with Crippen LogP contribution < -0.4 is 4.90 Å². The number of hydrogen-bond acceptors (Lipinski definition) is 1. The lowest BCUT2D eigenvalue weighted by molar-refractivity contribution is 0.592. The third kappa shape index (κ3) is 6.52. The lowest BCUT2D eigenvalue weighted by Gasteiger charge is -2.31. The van der Waals surface area contributed by atoms with E-state index in [9.17, 15) is 0 Å². The van der Waals surface area contributed by atoms with E-state index < -0.39 is 0 Å². The first-order chi connectivity index (χ1) is 29.1. The van der Waals surface area contributed by atoms with Gasteiger partial charge in [0.05, 0.1) is 5.69 Å². The molecule has 0 N–H and O–H groups in total. The number of rotatable bonds is 7. The van der Waals surface area contributed by atoms with Crippen molar-refractivity contribution in [1.82, 2.24) is 0 Å². The van der Waals surface area contributed by atoms with Gasteiger partial charge in [-0.25, -0.2) is 0 Å². The summed E-state index contributed by atoms with van der Waals surface area (Å²) < 4.78 is 0. The van der Waals surface area contributed by atoms with Gasteiger partial charge in [0.2, 0.25) is 0 Å². The number of nitrogens with zero attached hydrogens (tertiary/aromatic N) is 1. The second kappa shape index (κ2) is 14.7. The first-order valence-corrected chi connectivity index (χ1v) is 21.2. The largest absolute Gasteiger partial charge is 0.310 e. The molecule has 0 fully saturated rings. The van der Waals surface area contributed by atoms with Gasteiger partial charge >= 0.3 is 0 Å². The van der Waals surface area contributed by atoms with Gasteiger partial charge in [0.25, 0.3) is 0 Å². The third-order valence-electron chi connectivity index (χ3n) is 12.6. The second-order valence-electron chi connectivity index (χ2n) is 17.8. The summed E-state index contributed by atoms with van der Waals surface area (Å²) in [5.41, 5.74) is 19.7. The highest BCUT2D eigenvalue weighted by atomic mass is 15.1. The maximum absolute atomic E-state index is 2.50. The van der Waals surface area contributed by atoms with Crippen LogP contribution in [0.4, 0.5) is 17.1 Å². The van der Waals surface area contributed by atoms with Crippen LogP contribution in [0.15, 0.2) is 206 Å². The SMILES string of the molecule is CC(C)(C)c1ccccc1-c1cc2ccccc2cc1N(c1ccc(-c2ccc(-c3ccccc3)cc2)cc1)c1ccc2c(c1)C(C)(C)c1cccc(-c3ccccc3)c1-2. The molecule has 9 aromatic carbocycles. The number of anilines is 3. The van der Waals surface area contributed by atoms with E-state index in [2.05, 4.69) is 246 Å². The van der Waals surface area contributed by atoms with Gasteiger partial charge in [-0.2, -0.15) is 0 Å². The maximum atomic E-state index is 2.50. The molecule has 9 aromatic rings. The highest BCUT2D eigenvalue weighted by Gasteiger charge is 2.38. The van der Waals surface area contributed by atoms with E-state index in [1.807, 2.05) is 0 Å². The molecule has 0 unspecified atom stereocenters. The van der Waals surface area contributed by atoms with Crippen LogP contribution in [0, 0.1) is 0 Å². The summed E-state index contributed by atoms with van der Waals surface area (Å²) in [6, 6.07) is 76.1. The van der Waals surface area contributed by atoms with Crippen LogP contribution in [0.1, 0.15) is 51.3 Å². The van der Waals surface area contributed by atoms with Crippen LogP contribution in [-0.2, 0) is 10.8 Å². The summed E-state index contributed by atoms with van der Waals surface area (Å²) >= 11 is 0. The maximum Gasteiger partial charge on any atom is 0.0546 e. The highest BCUT2D eigenvalue weighted by Crippen LogP contribution is 2.54. The van der Waals surface area contributed by atoms with Crippen molar-refractivity contribution in [3.05, 3.63) is 223 Å². The van der Waals surface area contributed by atoms with E-state index >= 15 is 0 Å². The molecule has 0 spiro atoms. The summed E-state index contributed by atoms with van der Waals surface area (Å²) in [7, 11) is 0. The Morgan fingerprint density at radius 2 is 0.883 bits per heavy atom. The van der Waals surface area contributed by atoms with Gasteiger partial charge in [0.1, 0.15) is 0 Å². The molecule has 60 heavy (non-hydrogen) atoms. The third-order valence-corrected chi connectivity index (χ3v) is 12.6. The molecule has 0 heterocycles. The minimum atomic E-state index is -0.196. The van der Waals surface area contributed by atoms with E-state index in [1.165, 1.54) is 83.1 Å². The Hall–Kier alpha value is -6.96. The first-order valence-electron chi connectivity index (χ1n) is 21.2. The van der Waals surface area contributed by atoms with Gasteiger partial charge in [0, 0.05) is 22.4 Å². The van der Waals surface area contributed by atoms with E-state index in [-0.39, 0.29) is 10.8 Å². The average Bonchev–Trinajstić information content (AvgIpc) is 3.52. The van der Waals surface area contributed by atoms with Crippen LogP contribution in [0.5, 0.6) is 0 Å². The highest BCUT2D eigenvalue weighted by molar-refractivity contribution is 6.00. The molecule has 1 aliphatic rings. The molecule has 0 radical (unpaired) electrons. The Bertz CT molecular complexity index is 3000. The lowest BCUT2D eigenvalue weighted by Crippen LogP contribution is -2.17. The quantitative estimate of drug-likeness (QED) is 0.156.